The minimum Gasteiger partial charge on any atom is -0.436 e. The van der Waals surface area contributed by atoms with Crippen LogP contribution in [-0.4, -0.2) is 33.9 Å². The number of piperidine rings is 1. The molecular weight excluding hydrogens is 414 g/mol. The Morgan fingerprint density at radius 2 is 1.69 bits per heavy atom. The maximum atomic E-state index is 13.9. The first-order chi connectivity index (χ1) is 15.6. The first-order valence-corrected chi connectivity index (χ1v) is 10.6. The molecule has 0 unspecified atom stereocenters. The third kappa shape index (κ3) is 4.12. The van der Waals surface area contributed by atoms with Crippen LogP contribution < -0.4 is 9.64 Å². The lowest BCUT2D eigenvalue weighted by atomic mass is 9.95. The largest absolute Gasteiger partial charge is 0.436 e. The van der Waals surface area contributed by atoms with Gasteiger partial charge in [0.15, 0.2) is 11.6 Å². The van der Waals surface area contributed by atoms with Crippen LogP contribution in [0.4, 0.5) is 14.6 Å². The predicted octanol–water partition coefficient (Wildman–Crippen LogP) is 4.31. The molecule has 0 saturated carbocycles. The summed E-state index contributed by atoms with van der Waals surface area (Å²) in [6.07, 6.45) is 2.82. The number of amides is 1. The standard InChI is InChI=1S/C24H22F2N4O2/c25-19-5-6-21(20(26)11-19)32-23-12-22(27-15-28-23)29-9-7-16(8-10-29)24(31)30-13-17-3-1-2-4-18(17)14-30/h1-6,11-12,15-16H,7-10,13-14H2. The molecule has 32 heavy (non-hydrogen) atoms. The fourth-order valence-corrected chi connectivity index (χ4v) is 4.33. The van der Waals surface area contributed by atoms with Gasteiger partial charge in [-0.25, -0.2) is 18.7 Å². The Morgan fingerprint density at radius 3 is 2.38 bits per heavy atom. The first-order valence-electron chi connectivity index (χ1n) is 10.6. The Kier molecular flexibility index (Phi) is 5.43. The molecule has 3 heterocycles. The average Bonchev–Trinajstić information content (AvgIpc) is 3.25. The molecule has 1 fully saturated rings. The van der Waals surface area contributed by atoms with Gasteiger partial charge in [-0.05, 0) is 36.1 Å². The van der Waals surface area contributed by atoms with Crippen LogP contribution in [0.15, 0.2) is 54.9 Å². The quantitative estimate of drug-likeness (QED) is 0.610. The zero-order valence-electron chi connectivity index (χ0n) is 17.4. The number of hydrogen-bond donors (Lipinski definition) is 0. The van der Waals surface area contributed by atoms with E-state index in [0.29, 0.717) is 32.0 Å². The lowest BCUT2D eigenvalue weighted by Gasteiger charge is -2.33. The van der Waals surface area contributed by atoms with Gasteiger partial charge in [0.1, 0.15) is 18.0 Å². The lowest BCUT2D eigenvalue weighted by molar-refractivity contribution is -0.136. The van der Waals surface area contributed by atoms with E-state index in [1.807, 2.05) is 17.0 Å². The molecule has 2 aromatic carbocycles. The summed E-state index contributed by atoms with van der Waals surface area (Å²) < 4.78 is 32.4. The monoisotopic (exact) mass is 436 g/mol. The molecule has 1 aromatic heterocycles. The molecule has 5 rings (SSSR count). The van der Waals surface area contributed by atoms with Gasteiger partial charge < -0.3 is 14.5 Å². The van der Waals surface area contributed by atoms with Gasteiger partial charge in [0.2, 0.25) is 11.8 Å². The molecule has 2 aliphatic rings. The number of aromatic nitrogens is 2. The summed E-state index contributed by atoms with van der Waals surface area (Å²) in [6, 6.07) is 12.9. The molecule has 6 nitrogen and oxygen atoms in total. The van der Waals surface area contributed by atoms with Crippen molar-refractivity contribution < 1.29 is 18.3 Å². The van der Waals surface area contributed by atoms with Crippen molar-refractivity contribution in [1.29, 1.82) is 0 Å². The van der Waals surface area contributed by atoms with Crippen molar-refractivity contribution in [2.75, 3.05) is 18.0 Å². The van der Waals surface area contributed by atoms with E-state index in [2.05, 4.69) is 27.0 Å². The van der Waals surface area contributed by atoms with Gasteiger partial charge in [-0.15, -0.1) is 0 Å². The molecular formula is C24H22F2N4O2. The Labute approximate surface area is 184 Å². The Bertz CT molecular complexity index is 1120. The number of carbonyl (C=O) groups is 1. The molecule has 0 aliphatic carbocycles. The summed E-state index contributed by atoms with van der Waals surface area (Å²) >= 11 is 0. The highest BCUT2D eigenvalue weighted by atomic mass is 19.1. The van der Waals surface area contributed by atoms with Crippen molar-refractivity contribution in [2.24, 2.45) is 5.92 Å². The van der Waals surface area contributed by atoms with Gasteiger partial charge >= 0.3 is 0 Å². The van der Waals surface area contributed by atoms with Crippen LogP contribution in [0.25, 0.3) is 0 Å². The average molecular weight is 436 g/mol. The van der Waals surface area contributed by atoms with Gasteiger partial charge in [-0.3, -0.25) is 4.79 Å². The van der Waals surface area contributed by atoms with Crippen molar-refractivity contribution >= 4 is 11.7 Å². The Hall–Kier alpha value is -3.55. The SMILES string of the molecule is O=C(C1CCN(c2cc(Oc3ccc(F)cc3F)ncn2)CC1)N1Cc2ccccc2C1. The highest BCUT2D eigenvalue weighted by Crippen LogP contribution is 2.30. The Balaban J connectivity index is 1.20. The number of anilines is 1. The van der Waals surface area contributed by atoms with Crippen LogP contribution in [0.2, 0.25) is 0 Å². The molecule has 0 N–H and O–H groups in total. The van der Waals surface area contributed by atoms with Crippen molar-refractivity contribution in [1.82, 2.24) is 14.9 Å². The molecule has 3 aromatic rings. The van der Waals surface area contributed by atoms with Crippen LogP contribution in [-0.2, 0) is 17.9 Å². The van der Waals surface area contributed by atoms with Gasteiger partial charge in [0, 0.05) is 44.2 Å². The number of carbonyl (C=O) groups excluding carboxylic acids is 1. The van der Waals surface area contributed by atoms with Crippen LogP contribution >= 0.6 is 0 Å². The van der Waals surface area contributed by atoms with Gasteiger partial charge in [0.25, 0.3) is 0 Å². The van der Waals surface area contributed by atoms with Crippen molar-refractivity contribution in [3.63, 3.8) is 0 Å². The second-order valence-electron chi connectivity index (χ2n) is 8.12. The molecule has 164 valence electrons. The van der Waals surface area contributed by atoms with Crippen molar-refractivity contribution in [3.05, 3.63) is 77.6 Å². The Morgan fingerprint density at radius 1 is 0.969 bits per heavy atom. The molecule has 2 aliphatic heterocycles. The maximum absolute atomic E-state index is 13.9. The second-order valence-corrected chi connectivity index (χ2v) is 8.12. The molecule has 0 spiro atoms. The van der Waals surface area contributed by atoms with E-state index >= 15 is 0 Å². The smallest absolute Gasteiger partial charge is 0.226 e. The molecule has 0 atom stereocenters. The minimum absolute atomic E-state index is 0.00793. The predicted molar refractivity (Wildman–Crippen MR) is 114 cm³/mol. The summed E-state index contributed by atoms with van der Waals surface area (Å²) in [5.74, 6) is -0.551. The number of rotatable bonds is 4. The molecule has 0 radical (unpaired) electrons. The number of hydrogen-bond acceptors (Lipinski definition) is 5. The summed E-state index contributed by atoms with van der Waals surface area (Å²) in [4.78, 5) is 25.4. The highest BCUT2D eigenvalue weighted by Gasteiger charge is 2.32. The molecule has 1 saturated heterocycles. The maximum Gasteiger partial charge on any atom is 0.226 e. The molecule has 8 heteroatoms. The third-order valence-electron chi connectivity index (χ3n) is 6.06. The number of fused-ring (bicyclic) bond motifs is 1. The van der Waals surface area contributed by atoms with E-state index in [-0.39, 0.29) is 23.5 Å². The van der Waals surface area contributed by atoms with Crippen LogP contribution in [0, 0.1) is 17.6 Å². The van der Waals surface area contributed by atoms with E-state index in [0.717, 1.165) is 25.0 Å². The fourth-order valence-electron chi connectivity index (χ4n) is 4.33. The van der Waals surface area contributed by atoms with E-state index < -0.39 is 11.6 Å². The number of ether oxygens (including phenoxy) is 1. The second kappa shape index (κ2) is 8.53. The highest BCUT2D eigenvalue weighted by molar-refractivity contribution is 5.80. The summed E-state index contributed by atoms with van der Waals surface area (Å²) in [5, 5.41) is 0. The first kappa shape index (κ1) is 20.4. The molecule has 0 bridgehead atoms. The van der Waals surface area contributed by atoms with Crippen LogP contribution in [0.1, 0.15) is 24.0 Å². The topological polar surface area (TPSA) is 58.6 Å². The van der Waals surface area contributed by atoms with E-state index in [4.69, 9.17) is 4.74 Å². The number of halogens is 2. The van der Waals surface area contributed by atoms with Crippen LogP contribution in [0.3, 0.4) is 0 Å². The van der Waals surface area contributed by atoms with E-state index in [1.165, 1.54) is 23.5 Å². The zero-order valence-corrected chi connectivity index (χ0v) is 17.4. The zero-order chi connectivity index (χ0) is 22.1. The molecule has 1 amide bonds. The minimum atomic E-state index is -0.798. The van der Waals surface area contributed by atoms with E-state index in [1.54, 1.807) is 6.07 Å². The summed E-state index contributed by atoms with van der Waals surface area (Å²) in [6.45, 7) is 2.72. The normalized spacial score (nSPS) is 16.2. The summed E-state index contributed by atoms with van der Waals surface area (Å²) in [7, 11) is 0. The fraction of sp³-hybridized carbons (Fsp3) is 0.292. The van der Waals surface area contributed by atoms with Crippen LogP contribution in [0.5, 0.6) is 11.6 Å². The lowest BCUT2D eigenvalue weighted by Crippen LogP contribution is -2.41. The number of nitrogens with zero attached hydrogens (tertiary/aromatic N) is 4. The van der Waals surface area contributed by atoms with Gasteiger partial charge in [0.05, 0.1) is 0 Å². The third-order valence-corrected chi connectivity index (χ3v) is 6.06. The van der Waals surface area contributed by atoms with Crippen molar-refractivity contribution in [3.8, 4) is 11.6 Å². The summed E-state index contributed by atoms with van der Waals surface area (Å²) in [5.41, 5.74) is 2.45. The van der Waals surface area contributed by atoms with Gasteiger partial charge in [-0.1, -0.05) is 24.3 Å². The van der Waals surface area contributed by atoms with E-state index in [9.17, 15) is 13.6 Å². The van der Waals surface area contributed by atoms with Gasteiger partial charge in [-0.2, -0.15) is 0 Å². The van der Waals surface area contributed by atoms with Crippen molar-refractivity contribution in [2.45, 2.75) is 25.9 Å². The number of benzene rings is 2.